The molecule has 1 heterocycles. The van der Waals surface area contributed by atoms with Crippen LogP contribution in [-0.4, -0.2) is 5.11 Å². The molecule has 10 heavy (non-hydrogen) atoms. The van der Waals surface area contributed by atoms with Crippen LogP contribution in [0.4, 0.5) is 0 Å². The third-order valence-corrected chi connectivity index (χ3v) is 1.42. The van der Waals surface area contributed by atoms with Crippen LogP contribution in [0.1, 0.15) is 0 Å². The van der Waals surface area contributed by atoms with Crippen molar-refractivity contribution in [3.05, 3.63) is 30.7 Å². The molecule has 49 valence electrons. The van der Waals surface area contributed by atoms with E-state index in [2.05, 4.69) is 6.26 Å². The molecule has 0 bridgehead atoms. The molecular formula is C8H5O2. The van der Waals surface area contributed by atoms with Crippen LogP contribution in [0.25, 0.3) is 10.8 Å². The van der Waals surface area contributed by atoms with Crippen molar-refractivity contribution in [1.29, 1.82) is 0 Å². The Labute approximate surface area is 57.7 Å². The van der Waals surface area contributed by atoms with Gasteiger partial charge in [-0.25, -0.2) is 0 Å². The lowest BCUT2D eigenvalue weighted by Crippen LogP contribution is -1.64. The van der Waals surface area contributed by atoms with Gasteiger partial charge in [-0.15, -0.1) is 0 Å². The van der Waals surface area contributed by atoms with E-state index < -0.39 is 0 Å². The van der Waals surface area contributed by atoms with Gasteiger partial charge in [-0.05, 0) is 6.07 Å². The maximum absolute atomic E-state index is 9.17. The Morgan fingerprint density at radius 1 is 1.40 bits per heavy atom. The summed E-state index contributed by atoms with van der Waals surface area (Å²) in [7, 11) is 0. The number of benzene rings is 1. The van der Waals surface area contributed by atoms with Crippen molar-refractivity contribution in [3.8, 4) is 5.75 Å². The first-order valence-electron chi connectivity index (χ1n) is 2.95. The number of fused-ring (bicyclic) bond motifs is 1. The van der Waals surface area contributed by atoms with E-state index in [1.54, 1.807) is 18.4 Å². The first-order valence-corrected chi connectivity index (χ1v) is 2.95. The third kappa shape index (κ3) is 0.589. The number of rotatable bonds is 0. The van der Waals surface area contributed by atoms with Crippen molar-refractivity contribution in [2.75, 3.05) is 0 Å². The van der Waals surface area contributed by atoms with Crippen LogP contribution in [0.3, 0.4) is 0 Å². The molecule has 1 aromatic heterocycles. The zero-order chi connectivity index (χ0) is 6.97. The second-order valence-corrected chi connectivity index (χ2v) is 2.08. The van der Waals surface area contributed by atoms with E-state index in [1.165, 1.54) is 0 Å². The highest BCUT2D eigenvalue weighted by molar-refractivity contribution is 5.86. The third-order valence-electron chi connectivity index (χ3n) is 1.42. The molecule has 0 spiro atoms. The van der Waals surface area contributed by atoms with Crippen molar-refractivity contribution in [2.24, 2.45) is 0 Å². The molecule has 0 fully saturated rings. The molecule has 0 aliphatic heterocycles. The van der Waals surface area contributed by atoms with Crippen molar-refractivity contribution in [1.82, 2.24) is 0 Å². The monoisotopic (exact) mass is 133 g/mol. The average Bonchev–Trinajstić information content (AvgIpc) is 2.36. The number of furan rings is 1. The molecule has 1 N–H and O–H groups in total. The van der Waals surface area contributed by atoms with Gasteiger partial charge in [-0.3, -0.25) is 0 Å². The largest absolute Gasteiger partial charge is 0.507 e. The van der Waals surface area contributed by atoms with Crippen LogP contribution >= 0.6 is 0 Å². The molecule has 0 aliphatic rings. The normalized spacial score (nSPS) is 10.4. The van der Waals surface area contributed by atoms with E-state index >= 15 is 0 Å². The van der Waals surface area contributed by atoms with E-state index in [1.807, 2.05) is 6.07 Å². The second-order valence-electron chi connectivity index (χ2n) is 2.08. The highest BCUT2D eigenvalue weighted by Gasteiger charge is 1.99. The van der Waals surface area contributed by atoms with Crippen LogP contribution in [0.2, 0.25) is 0 Å². The summed E-state index contributed by atoms with van der Waals surface area (Å²) in [5.74, 6) is 0.214. The Morgan fingerprint density at radius 3 is 3.10 bits per heavy atom. The van der Waals surface area contributed by atoms with Crippen molar-refractivity contribution in [2.45, 2.75) is 0 Å². The smallest absolute Gasteiger partial charge is 0.181 e. The fourth-order valence-corrected chi connectivity index (χ4v) is 0.919. The molecule has 0 atom stereocenters. The highest BCUT2D eigenvalue weighted by Crippen LogP contribution is 2.23. The summed E-state index contributed by atoms with van der Waals surface area (Å²) < 4.78 is 4.76. The van der Waals surface area contributed by atoms with Gasteiger partial charge in [-0.1, -0.05) is 12.1 Å². The maximum Gasteiger partial charge on any atom is 0.181 e. The van der Waals surface area contributed by atoms with Gasteiger partial charge in [0.05, 0.1) is 11.6 Å². The minimum atomic E-state index is 0.214. The number of phenolic OH excluding ortho intramolecular Hbond substituents is 1. The second kappa shape index (κ2) is 1.77. The maximum atomic E-state index is 9.17. The van der Waals surface area contributed by atoms with Crippen LogP contribution in [-0.2, 0) is 0 Å². The molecule has 2 nitrogen and oxygen atoms in total. The summed E-state index contributed by atoms with van der Waals surface area (Å²) in [6.45, 7) is 0. The van der Waals surface area contributed by atoms with Gasteiger partial charge in [0.2, 0.25) is 0 Å². The lowest BCUT2D eigenvalue weighted by molar-refractivity contribution is 0.480. The Bertz CT molecular complexity index is 349. The minimum absolute atomic E-state index is 0.214. The van der Waals surface area contributed by atoms with Crippen molar-refractivity contribution >= 4 is 10.8 Å². The lowest BCUT2D eigenvalue weighted by atomic mass is 10.2. The predicted molar refractivity (Wildman–Crippen MR) is 36.7 cm³/mol. The first kappa shape index (κ1) is 5.35. The molecule has 2 rings (SSSR count). The van der Waals surface area contributed by atoms with E-state index in [9.17, 15) is 0 Å². The summed E-state index contributed by atoms with van der Waals surface area (Å²) in [6, 6.07) is 5.23. The highest BCUT2D eigenvalue weighted by atomic mass is 16.3. The molecule has 0 saturated carbocycles. The van der Waals surface area contributed by atoms with Gasteiger partial charge in [-0.2, -0.15) is 0 Å². The number of aromatic hydroxyl groups is 1. The van der Waals surface area contributed by atoms with Gasteiger partial charge in [0, 0.05) is 5.39 Å². The summed E-state index contributed by atoms with van der Waals surface area (Å²) in [5.41, 5.74) is 0. The molecule has 2 aromatic rings. The van der Waals surface area contributed by atoms with Crippen molar-refractivity contribution < 1.29 is 9.52 Å². The molecule has 0 amide bonds. The standard InChI is InChI=1S/C8H5O2/c9-8-3-1-2-6-4-10-5-7(6)8/h1-4,9H. The van der Waals surface area contributed by atoms with E-state index in [0.29, 0.717) is 5.39 Å². The molecule has 2 heteroatoms. The molecule has 0 saturated heterocycles. The summed E-state index contributed by atoms with van der Waals surface area (Å²) >= 11 is 0. The van der Waals surface area contributed by atoms with Crippen LogP contribution in [0, 0.1) is 6.26 Å². The van der Waals surface area contributed by atoms with Crippen LogP contribution in [0.5, 0.6) is 5.75 Å². The van der Waals surface area contributed by atoms with E-state index in [0.717, 1.165) is 5.39 Å². The summed E-state index contributed by atoms with van der Waals surface area (Å²) in [5, 5.41) is 10.7. The fraction of sp³-hybridized carbons (Fsp3) is 0. The van der Waals surface area contributed by atoms with Gasteiger partial charge in [0.1, 0.15) is 5.75 Å². The molecule has 0 unspecified atom stereocenters. The average molecular weight is 133 g/mol. The topological polar surface area (TPSA) is 33.4 Å². The zero-order valence-corrected chi connectivity index (χ0v) is 5.16. The lowest BCUT2D eigenvalue weighted by Gasteiger charge is -1.88. The zero-order valence-electron chi connectivity index (χ0n) is 5.16. The Hall–Kier alpha value is -1.44. The number of hydrogen-bond acceptors (Lipinski definition) is 2. The van der Waals surface area contributed by atoms with Crippen LogP contribution < -0.4 is 0 Å². The Balaban J connectivity index is 2.95. The van der Waals surface area contributed by atoms with Gasteiger partial charge in [0.15, 0.2) is 6.26 Å². The molecule has 1 radical (unpaired) electrons. The van der Waals surface area contributed by atoms with E-state index in [4.69, 9.17) is 9.52 Å². The van der Waals surface area contributed by atoms with Gasteiger partial charge < -0.3 is 9.52 Å². The molecule has 1 aromatic carbocycles. The molecular weight excluding hydrogens is 128 g/mol. The minimum Gasteiger partial charge on any atom is -0.507 e. The predicted octanol–water partition coefficient (Wildman–Crippen LogP) is 1.94. The van der Waals surface area contributed by atoms with E-state index in [-0.39, 0.29) is 5.75 Å². The summed E-state index contributed by atoms with van der Waals surface area (Å²) in [4.78, 5) is 0. The first-order chi connectivity index (χ1) is 4.88. The quantitative estimate of drug-likeness (QED) is 0.595. The Kier molecular flexibility index (Phi) is 0.947. The number of phenols is 1. The molecule has 0 aliphatic carbocycles. The summed E-state index contributed by atoms with van der Waals surface area (Å²) in [6.07, 6.45) is 4.11. The SMILES string of the molecule is Oc1cccc2co[c]c12. The van der Waals surface area contributed by atoms with Crippen molar-refractivity contribution in [3.63, 3.8) is 0 Å². The fourth-order valence-electron chi connectivity index (χ4n) is 0.919. The Morgan fingerprint density at radius 2 is 2.30 bits per heavy atom. The van der Waals surface area contributed by atoms with Crippen LogP contribution in [0.15, 0.2) is 28.9 Å². The van der Waals surface area contributed by atoms with Gasteiger partial charge in [0.25, 0.3) is 0 Å². The number of hydrogen-bond donors (Lipinski definition) is 1. The van der Waals surface area contributed by atoms with Gasteiger partial charge >= 0.3 is 0 Å².